The highest BCUT2D eigenvalue weighted by molar-refractivity contribution is 5.77. The molecule has 0 bridgehead atoms. The molecular weight excluding hydrogens is 188 g/mol. The van der Waals surface area contributed by atoms with Crippen molar-refractivity contribution in [2.75, 3.05) is 13.1 Å². The lowest BCUT2D eigenvalue weighted by atomic mass is 9.70. The highest BCUT2D eigenvalue weighted by Gasteiger charge is 2.36. The van der Waals surface area contributed by atoms with Crippen LogP contribution in [0.3, 0.4) is 0 Å². The lowest BCUT2D eigenvalue weighted by Crippen LogP contribution is -2.37. The third-order valence-electron chi connectivity index (χ3n) is 2.79. The maximum absolute atomic E-state index is 8.99. The molecule has 0 spiro atoms. The summed E-state index contributed by atoms with van der Waals surface area (Å²) in [4.78, 5) is 4.22. The molecule has 1 aliphatic rings. The van der Waals surface area contributed by atoms with Crippen LogP contribution >= 0.6 is 0 Å². The fourth-order valence-electron chi connectivity index (χ4n) is 1.51. The van der Waals surface area contributed by atoms with Gasteiger partial charge in [0, 0.05) is 6.54 Å². The summed E-state index contributed by atoms with van der Waals surface area (Å²) in [5.74, 6) is 1.01. The van der Waals surface area contributed by atoms with E-state index in [1.54, 1.807) is 0 Å². The first-order valence-electron chi connectivity index (χ1n) is 5.53. The summed E-state index contributed by atoms with van der Waals surface area (Å²) >= 11 is 0. The van der Waals surface area contributed by atoms with Crippen LogP contribution in [0.15, 0.2) is 4.99 Å². The van der Waals surface area contributed by atoms with Gasteiger partial charge in [-0.15, -0.1) is 0 Å². The van der Waals surface area contributed by atoms with E-state index in [0.29, 0.717) is 18.4 Å². The second-order valence-corrected chi connectivity index (χ2v) is 4.72. The van der Waals surface area contributed by atoms with Crippen LogP contribution in [0.25, 0.3) is 0 Å². The second kappa shape index (κ2) is 5.01. The van der Waals surface area contributed by atoms with E-state index in [-0.39, 0.29) is 5.41 Å². The van der Waals surface area contributed by atoms with Crippen molar-refractivity contribution in [2.24, 2.45) is 22.1 Å². The highest BCUT2D eigenvalue weighted by Crippen LogP contribution is 2.40. The molecule has 0 aromatic carbocycles. The van der Waals surface area contributed by atoms with E-state index in [0.717, 1.165) is 25.8 Å². The molecule has 4 nitrogen and oxygen atoms in total. The zero-order valence-electron chi connectivity index (χ0n) is 9.58. The Morgan fingerprint density at radius 1 is 1.60 bits per heavy atom. The number of nitrogens with two attached hydrogens (primary N) is 1. The number of hydrogen-bond donors (Lipinski definition) is 2. The van der Waals surface area contributed by atoms with E-state index in [9.17, 15) is 0 Å². The van der Waals surface area contributed by atoms with Crippen molar-refractivity contribution in [3.63, 3.8) is 0 Å². The summed E-state index contributed by atoms with van der Waals surface area (Å²) in [5.41, 5.74) is 5.47. The van der Waals surface area contributed by atoms with E-state index in [4.69, 9.17) is 11.0 Å². The quantitative estimate of drug-likeness (QED) is 0.539. The fraction of sp³-hybridized carbons (Fsp3) is 0.818. The van der Waals surface area contributed by atoms with Crippen LogP contribution in [0.1, 0.15) is 33.1 Å². The van der Waals surface area contributed by atoms with Gasteiger partial charge in [-0.25, -0.2) is 0 Å². The first-order valence-corrected chi connectivity index (χ1v) is 5.53. The number of nitriles is 1. The average molecular weight is 208 g/mol. The smallest absolute Gasteiger partial charge is 0.188 e. The zero-order valence-corrected chi connectivity index (χ0v) is 9.58. The van der Waals surface area contributed by atoms with Crippen molar-refractivity contribution in [1.82, 2.24) is 5.32 Å². The van der Waals surface area contributed by atoms with Crippen molar-refractivity contribution < 1.29 is 0 Å². The van der Waals surface area contributed by atoms with E-state index in [1.165, 1.54) is 0 Å². The third-order valence-corrected chi connectivity index (χ3v) is 2.79. The van der Waals surface area contributed by atoms with Gasteiger partial charge in [-0.2, -0.15) is 5.26 Å². The molecule has 0 atom stereocenters. The summed E-state index contributed by atoms with van der Waals surface area (Å²) in [6, 6.07) is 2.34. The van der Waals surface area contributed by atoms with Gasteiger partial charge >= 0.3 is 0 Å². The lowest BCUT2D eigenvalue weighted by molar-refractivity contribution is 0.226. The summed E-state index contributed by atoms with van der Waals surface area (Å²) in [5, 5.41) is 12.0. The molecule has 0 amide bonds. The van der Waals surface area contributed by atoms with Crippen LogP contribution in [-0.2, 0) is 0 Å². The van der Waals surface area contributed by atoms with Gasteiger partial charge in [-0.05, 0) is 18.8 Å². The molecule has 0 unspecified atom stereocenters. The highest BCUT2D eigenvalue weighted by atomic mass is 15.1. The largest absolute Gasteiger partial charge is 0.370 e. The van der Waals surface area contributed by atoms with Crippen molar-refractivity contribution in [3.05, 3.63) is 0 Å². The summed E-state index contributed by atoms with van der Waals surface area (Å²) in [7, 11) is 0. The Labute approximate surface area is 91.6 Å². The monoisotopic (exact) mass is 208 g/mol. The van der Waals surface area contributed by atoms with Crippen molar-refractivity contribution in [2.45, 2.75) is 33.1 Å². The first-order chi connectivity index (χ1) is 7.08. The minimum atomic E-state index is -0.218. The van der Waals surface area contributed by atoms with E-state index < -0.39 is 0 Å². The Morgan fingerprint density at radius 3 is 2.67 bits per heavy atom. The molecule has 84 valence electrons. The maximum atomic E-state index is 8.99. The minimum Gasteiger partial charge on any atom is -0.370 e. The first kappa shape index (κ1) is 11.8. The van der Waals surface area contributed by atoms with Crippen LogP contribution in [0.5, 0.6) is 0 Å². The molecule has 1 saturated carbocycles. The minimum absolute atomic E-state index is 0.218. The van der Waals surface area contributed by atoms with E-state index >= 15 is 0 Å². The molecule has 0 aromatic rings. The number of nitrogens with zero attached hydrogens (tertiary/aromatic N) is 2. The summed E-state index contributed by atoms with van der Waals surface area (Å²) in [6.07, 6.45) is 3.07. The number of guanidine groups is 1. The predicted molar refractivity (Wildman–Crippen MR) is 61.2 cm³/mol. The van der Waals surface area contributed by atoms with Gasteiger partial charge in [-0.1, -0.05) is 20.3 Å². The van der Waals surface area contributed by atoms with Gasteiger partial charge in [0.1, 0.15) is 0 Å². The Kier molecular flexibility index (Phi) is 3.96. The van der Waals surface area contributed by atoms with E-state index in [1.807, 2.05) is 0 Å². The van der Waals surface area contributed by atoms with Gasteiger partial charge in [0.05, 0.1) is 18.0 Å². The average Bonchev–Trinajstić information content (AvgIpc) is 2.14. The molecule has 4 heteroatoms. The van der Waals surface area contributed by atoms with Crippen molar-refractivity contribution in [1.29, 1.82) is 5.26 Å². The van der Waals surface area contributed by atoms with Crippen LogP contribution in [-0.4, -0.2) is 19.0 Å². The number of hydrogen-bond acceptors (Lipinski definition) is 2. The molecule has 0 radical (unpaired) electrons. The standard InChI is InChI=1S/C11H20N4/c1-9(2)6-14-10(13)15-8-11(7-12)4-3-5-11/h9H,3-6,8H2,1-2H3,(H3,13,14,15). The Bertz CT molecular complexity index is 271. The molecular formula is C11H20N4. The van der Waals surface area contributed by atoms with Crippen LogP contribution in [0.2, 0.25) is 0 Å². The van der Waals surface area contributed by atoms with Crippen molar-refractivity contribution in [3.8, 4) is 6.07 Å². The van der Waals surface area contributed by atoms with Crippen molar-refractivity contribution >= 4 is 5.96 Å². The molecule has 1 aliphatic carbocycles. The molecule has 1 rings (SSSR count). The number of rotatable bonds is 4. The Balaban J connectivity index is 2.33. The Hall–Kier alpha value is -1.24. The van der Waals surface area contributed by atoms with Crippen LogP contribution in [0, 0.1) is 22.7 Å². The maximum Gasteiger partial charge on any atom is 0.188 e. The van der Waals surface area contributed by atoms with E-state index in [2.05, 4.69) is 30.2 Å². The lowest BCUT2D eigenvalue weighted by Gasteiger charge is -2.33. The number of aliphatic imine (C=N–C) groups is 1. The van der Waals surface area contributed by atoms with Crippen LogP contribution < -0.4 is 11.1 Å². The second-order valence-electron chi connectivity index (χ2n) is 4.72. The summed E-state index contributed by atoms with van der Waals surface area (Å²) in [6.45, 7) is 5.60. The summed E-state index contributed by atoms with van der Waals surface area (Å²) < 4.78 is 0. The molecule has 0 heterocycles. The molecule has 0 aliphatic heterocycles. The predicted octanol–water partition coefficient (Wildman–Crippen LogP) is 1.24. The van der Waals surface area contributed by atoms with Gasteiger partial charge in [0.15, 0.2) is 5.96 Å². The van der Waals surface area contributed by atoms with Gasteiger partial charge in [-0.3, -0.25) is 4.99 Å². The van der Waals surface area contributed by atoms with Gasteiger partial charge < -0.3 is 11.1 Å². The third kappa shape index (κ3) is 3.43. The topological polar surface area (TPSA) is 74.2 Å². The van der Waals surface area contributed by atoms with Gasteiger partial charge in [0.25, 0.3) is 0 Å². The van der Waals surface area contributed by atoms with Gasteiger partial charge in [0.2, 0.25) is 0 Å². The molecule has 15 heavy (non-hydrogen) atoms. The SMILES string of the molecule is CC(C)CNC(N)=NCC1(C#N)CCC1. The molecule has 0 saturated heterocycles. The zero-order chi connectivity index (χ0) is 11.3. The fourth-order valence-corrected chi connectivity index (χ4v) is 1.51. The molecule has 0 aromatic heterocycles. The molecule has 1 fully saturated rings. The normalized spacial score (nSPS) is 19.5. The Morgan fingerprint density at radius 2 is 2.27 bits per heavy atom. The number of nitrogens with one attached hydrogen (secondary N) is 1. The van der Waals surface area contributed by atoms with Crippen LogP contribution in [0.4, 0.5) is 0 Å². The molecule has 3 N–H and O–H groups in total.